The Kier molecular flexibility index (Phi) is 3.82. The highest BCUT2D eigenvalue weighted by Crippen LogP contribution is 2.26. The molecule has 2 heteroatoms. The maximum absolute atomic E-state index is 2.64. The van der Waals surface area contributed by atoms with Gasteiger partial charge in [0, 0.05) is 32.7 Å². The minimum Gasteiger partial charge on any atom is -0.304 e. The van der Waals surface area contributed by atoms with E-state index in [1.165, 1.54) is 64.8 Å². The molecule has 2 rings (SSSR count). The lowest BCUT2D eigenvalue weighted by atomic mass is 9.89. The molecule has 14 heavy (non-hydrogen) atoms. The van der Waals surface area contributed by atoms with Crippen LogP contribution in [0.2, 0.25) is 0 Å². The summed E-state index contributed by atoms with van der Waals surface area (Å²) in [5.74, 6) is 1.82. The number of hydrogen-bond acceptors (Lipinski definition) is 2. The standard InChI is InChI=1S/C12H23N2/c1-13-7-9-14(10-8-13)11-12-5-3-2-4-6-12/h2-11H2,1H3. The molecular weight excluding hydrogens is 172 g/mol. The van der Waals surface area contributed by atoms with Gasteiger partial charge in [-0.15, -0.1) is 0 Å². The van der Waals surface area contributed by atoms with Crippen molar-refractivity contribution in [1.82, 2.24) is 9.80 Å². The lowest BCUT2D eigenvalue weighted by molar-refractivity contribution is 0.154. The molecule has 0 spiro atoms. The Morgan fingerprint density at radius 1 is 0.929 bits per heavy atom. The van der Waals surface area contributed by atoms with Gasteiger partial charge in [0.2, 0.25) is 0 Å². The fourth-order valence-electron chi connectivity index (χ4n) is 2.53. The van der Waals surface area contributed by atoms with E-state index >= 15 is 0 Å². The molecule has 0 aromatic rings. The molecule has 0 N–H and O–H groups in total. The van der Waals surface area contributed by atoms with Crippen LogP contribution in [0, 0.1) is 5.92 Å². The maximum Gasteiger partial charge on any atom is 0.0110 e. The zero-order valence-corrected chi connectivity index (χ0v) is 9.47. The van der Waals surface area contributed by atoms with E-state index in [-0.39, 0.29) is 0 Å². The van der Waals surface area contributed by atoms with Crippen molar-refractivity contribution in [3.05, 3.63) is 5.92 Å². The molecule has 1 aliphatic carbocycles. The molecule has 1 saturated heterocycles. The quantitative estimate of drug-likeness (QED) is 0.662. The predicted octanol–water partition coefficient (Wildman–Crippen LogP) is 1.77. The predicted molar refractivity (Wildman–Crippen MR) is 60.3 cm³/mol. The van der Waals surface area contributed by atoms with Crippen molar-refractivity contribution in [2.24, 2.45) is 0 Å². The smallest absolute Gasteiger partial charge is 0.0110 e. The Morgan fingerprint density at radius 2 is 1.57 bits per heavy atom. The lowest BCUT2D eigenvalue weighted by Crippen LogP contribution is -2.45. The van der Waals surface area contributed by atoms with Crippen LogP contribution in [0.5, 0.6) is 0 Å². The molecule has 2 aliphatic rings. The van der Waals surface area contributed by atoms with Crippen LogP contribution in [0.15, 0.2) is 0 Å². The molecule has 0 amide bonds. The highest BCUT2D eigenvalue weighted by molar-refractivity contribution is 4.95. The van der Waals surface area contributed by atoms with Gasteiger partial charge in [0.1, 0.15) is 0 Å². The zero-order valence-electron chi connectivity index (χ0n) is 9.47. The molecular formula is C12H23N2. The summed E-state index contributed by atoms with van der Waals surface area (Å²) >= 11 is 0. The Hall–Kier alpha value is -0.0800. The van der Waals surface area contributed by atoms with Crippen LogP contribution in [0.25, 0.3) is 0 Å². The summed E-state index contributed by atoms with van der Waals surface area (Å²) < 4.78 is 0. The van der Waals surface area contributed by atoms with Gasteiger partial charge < -0.3 is 9.80 Å². The minimum atomic E-state index is 1.26. The van der Waals surface area contributed by atoms with Crippen molar-refractivity contribution in [3.8, 4) is 0 Å². The number of hydrogen-bond donors (Lipinski definition) is 0. The van der Waals surface area contributed by atoms with Crippen molar-refractivity contribution in [2.45, 2.75) is 32.1 Å². The van der Waals surface area contributed by atoms with E-state index < -0.39 is 0 Å². The van der Waals surface area contributed by atoms with Crippen molar-refractivity contribution in [1.29, 1.82) is 0 Å². The first-order valence-corrected chi connectivity index (χ1v) is 6.09. The van der Waals surface area contributed by atoms with E-state index in [1.54, 1.807) is 0 Å². The van der Waals surface area contributed by atoms with E-state index in [0.29, 0.717) is 0 Å². The minimum absolute atomic E-state index is 1.26. The molecule has 1 saturated carbocycles. The van der Waals surface area contributed by atoms with Crippen LogP contribution in [0.3, 0.4) is 0 Å². The Balaban J connectivity index is 1.68. The molecule has 0 atom stereocenters. The van der Waals surface area contributed by atoms with Gasteiger partial charge in [-0.1, -0.05) is 19.3 Å². The lowest BCUT2D eigenvalue weighted by Gasteiger charge is -2.35. The van der Waals surface area contributed by atoms with Crippen LogP contribution in [-0.4, -0.2) is 49.6 Å². The van der Waals surface area contributed by atoms with E-state index in [9.17, 15) is 0 Å². The van der Waals surface area contributed by atoms with Crippen LogP contribution in [0.4, 0.5) is 0 Å². The van der Waals surface area contributed by atoms with Crippen LogP contribution in [0.1, 0.15) is 32.1 Å². The largest absolute Gasteiger partial charge is 0.304 e. The SMILES string of the molecule is CN1CCN(C[C]2CCCCC2)CC1. The third kappa shape index (κ3) is 2.96. The molecule has 81 valence electrons. The molecule has 0 unspecified atom stereocenters. The molecule has 0 bridgehead atoms. The van der Waals surface area contributed by atoms with Gasteiger partial charge in [-0.3, -0.25) is 0 Å². The second-order valence-electron chi connectivity index (χ2n) is 4.89. The molecule has 0 aromatic carbocycles. The summed E-state index contributed by atoms with van der Waals surface area (Å²) in [6.07, 6.45) is 7.18. The molecule has 2 nitrogen and oxygen atoms in total. The van der Waals surface area contributed by atoms with Gasteiger partial charge in [-0.25, -0.2) is 0 Å². The number of likely N-dealkylation sites (N-methyl/N-ethyl adjacent to an activating group) is 1. The van der Waals surface area contributed by atoms with Gasteiger partial charge in [0.15, 0.2) is 0 Å². The second-order valence-corrected chi connectivity index (χ2v) is 4.89. The zero-order chi connectivity index (χ0) is 9.80. The highest BCUT2D eigenvalue weighted by atomic mass is 15.2. The number of rotatable bonds is 2. The highest BCUT2D eigenvalue weighted by Gasteiger charge is 2.20. The van der Waals surface area contributed by atoms with Crippen molar-refractivity contribution in [2.75, 3.05) is 39.8 Å². The van der Waals surface area contributed by atoms with Crippen LogP contribution < -0.4 is 0 Å². The van der Waals surface area contributed by atoms with Crippen molar-refractivity contribution >= 4 is 0 Å². The van der Waals surface area contributed by atoms with Crippen LogP contribution >= 0.6 is 0 Å². The maximum atomic E-state index is 2.64. The van der Waals surface area contributed by atoms with Crippen LogP contribution in [-0.2, 0) is 0 Å². The molecule has 1 aliphatic heterocycles. The average molecular weight is 195 g/mol. The summed E-state index contributed by atoms with van der Waals surface area (Å²) in [6, 6.07) is 0. The van der Waals surface area contributed by atoms with Gasteiger partial charge in [0.05, 0.1) is 0 Å². The summed E-state index contributed by atoms with van der Waals surface area (Å²) in [5, 5.41) is 0. The molecule has 0 aromatic heterocycles. The number of piperazine rings is 1. The normalized spacial score (nSPS) is 28.1. The topological polar surface area (TPSA) is 6.48 Å². The molecule has 1 heterocycles. The average Bonchev–Trinajstić information content (AvgIpc) is 2.23. The molecule has 1 radical (unpaired) electrons. The van der Waals surface area contributed by atoms with Crippen molar-refractivity contribution < 1.29 is 0 Å². The van der Waals surface area contributed by atoms with Gasteiger partial charge in [-0.05, 0) is 25.8 Å². The summed E-state index contributed by atoms with van der Waals surface area (Å²) in [7, 11) is 2.23. The van der Waals surface area contributed by atoms with E-state index in [4.69, 9.17) is 0 Å². The number of nitrogens with zero attached hydrogens (tertiary/aromatic N) is 2. The third-order valence-electron chi connectivity index (χ3n) is 3.60. The second kappa shape index (κ2) is 5.13. The van der Waals surface area contributed by atoms with Gasteiger partial charge >= 0.3 is 0 Å². The Morgan fingerprint density at radius 3 is 2.21 bits per heavy atom. The fraction of sp³-hybridized carbons (Fsp3) is 0.917. The summed E-state index contributed by atoms with van der Waals surface area (Å²) in [4.78, 5) is 5.07. The Bertz CT molecular complexity index is 156. The summed E-state index contributed by atoms with van der Waals surface area (Å²) in [6.45, 7) is 6.37. The van der Waals surface area contributed by atoms with E-state index in [2.05, 4.69) is 16.8 Å². The van der Waals surface area contributed by atoms with Gasteiger partial charge in [-0.2, -0.15) is 0 Å². The first kappa shape index (κ1) is 10.4. The fourth-order valence-corrected chi connectivity index (χ4v) is 2.53. The van der Waals surface area contributed by atoms with Gasteiger partial charge in [0.25, 0.3) is 0 Å². The summed E-state index contributed by atoms with van der Waals surface area (Å²) in [5.41, 5.74) is 0. The third-order valence-corrected chi connectivity index (χ3v) is 3.60. The Labute approximate surface area is 88.3 Å². The first-order chi connectivity index (χ1) is 6.84. The van der Waals surface area contributed by atoms with E-state index in [0.717, 1.165) is 0 Å². The van der Waals surface area contributed by atoms with E-state index in [1.807, 2.05) is 5.92 Å². The van der Waals surface area contributed by atoms with Crippen molar-refractivity contribution in [3.63, 3.8) is 0 Å². The molecule has 2 fully saturated rings. The monoisotopic (exact) mass is 195 g/mol. The first-order valence-electron chi connectivity index (χ1n) is 6.09.